The van der Waals surface area contributed by atoms with Gasteiger partial charge >= 0.3 is 0 Å². The van der Waals surface area contributed by atoms with Gasteiger partial charge in [0, 0.05) is 17.0 Å². The maximum atomic E-state index is 11.6. The van der Waals surface area contributed by atoms with Gasteiger partial charge in [-0.05, 0) is 87.5 Å². The lowest BCUT2D eigenvalue weighted by atomic mass is 10.1. The molecule has 9 nitrogen and oxygen atoms in total. The van der Waals surface area contributed by atoms with E-state index >= 15 is 0 Å². The maximum absolute atomic E-state index is 11.6. The Morgan fingerprint density at radius 1 is 0.788 bits per heavy atom. The second-order valence-electron chi connectivity index (χ2n) is 11.0. The van der Waals surface area contributed by atoms with Crippen LogP contribution < -0.4 is 14.6 Å². The topological polar surface area (TPSA) is 152 Å². The average molecular weight is 574 g/mol. The van der Waals surface area contributed by atoms with Crippen molar-refractivity contribution in [3.05, 3.63) is 0 Å². The molecule has 2 rings (SSSR count). The van der Waals surface area contributed by atoms with Gasteiger partial charge in [-0.1, -0.05) is 0 Å². The number of halogens is 1. The Hall–Kier alpha value is 0.450. The SMILES string of the molecule is CC(C)(C)NS(=O)(=O)C1(C)CC1.CC(C)(C)NS(=O)(=O)CCCCl.CC1(S(N)(=O)=O)CC1.P. The van der Waals surface area contributed by atoms with Crippen molar-refractivity contribution in [2.24, 2.45) is 5.14 Å². The van der Waals surface area contributed by atoms with Gasteiger partial charge in [0.2, 0.25) is 30.1 Å². The van der Waals surface area contributed by atoms with E-state index in [0.717, 1.165) is 25.7 Å². The summed E-state index contributed by atoms with van der Waals surface area (Å²) in [7, 11) is -9.46. The van der Waals surface area contributed by atoms with Gasteiger partial charge in [0.15, 0.2) is 0 Å². The van der Waals surface area contributed by atoms with Crippen LogP contribution in [0.2, 0.25) is 0 Å². The second kappa shape index (κ2) is 12.1. The zero-order valence-electron chi connectivity index (χ0n) is 21.3. The highest BCUT2D eigenvalue weighted by Gasteiger charge is 2.51. The molecule has 4 N–H and O–H groups in total. The van der Waals surface area contributed by atoms with Gasteiger partial charge in [-0.25, -0.2) is 39.8 Å². The number of nitrogens with two attached hydrogens (primary N) is 1. The summed E-state index contributed by atoms with van der Waals surface area (Å²) in [6.07, 6.45) is 3.53. The van der Waals surface area contributed by atoms with Gasteiger partial charge < -0.3 is 0 Å². The molecule has 2 aliphatic carbocycles. The van der Waals surface area contributed by atoms with E-state index in [2.05, 4.69) is 9.44 Å². The van der Waals surface area contributed by atoms with Crippen LogP contribution in [0.15, 0.2) is 0 Å². The Balaban J connectivity index is 0. The Bertz CT molecular complexity index is 932. The Morgan fingerprint density at radius 3 is 1.36 bits per heavy atom. The molecule has 33 heavy (non-hydrogen) atoms. The highest BCUT2D eigenvalue weighted by Crippen LogP contribution is 2.42. The molecule has 0 aromatic rings. The van der Waals surface area contributed by atoms with E-state index in [9.17, 15) is 25.3 Å². The van der Waals surface area contributed by atoms with Crippen LogP contribution in [0.5, 0.6) is 0 Å². The first-order valence-electron chi connectivity index (χ1n) is 10.5. The number of nitrogens with one attached hydrogen (secondary N) is 2. The molecule has 1 unspecified atom stereocenters. The number of hydrogen-bond donors (Lipinski definition) is 3. The molecule has 0 radical (unpaired) electrons. The molecule has 2 saturated carbocycles. The van der Waals surface area contributed by atoms with E-state index < -0.39 is 45.1 Å². The van der Waals surface area contributed by atoms with E-state index in [1.807, 2.05) is 41.5 Å². The molecule has 0 heterocycles. The first-order chi connectivity index (χ1) is 13.9. The van der Waals surface area contributed by atoms with Gasteiger partial charge in [-0.3, -0.25) is 0 Å². The molecule has 202 valence electrons. The standard InChI is InChI=1S/C8H17NO2S.C7H16ClNO2S.C4H9NO2S.H3P/c1-7(2,3)9-12(10,11)8(4)5-6-8;1-7(2,3)9-12(10,11)6-4-5-8;1-4(2-3-4)8(5,6)7;/h9H,5-6H2,1-4H3;9H,4-6H2,1-3H3;2-3H2,1H3,(H2,5,6,7);1H3. The van der Waals surface area contributed by atoms with Gasteiger partial charge in [0.05, 0.1) is 15.2 Å². The quantitative estimate of drug-likeness (QED) is 0.314. The zero-order chi connectivity index (χ0) is 25.9. The lowest BCUT2D eigenvalue weighted by Crippen LogP contribution is -2.45. The smallest absolute Gasteiger partial charge is 0.217 e. The summed E-state index contributed by atoms with van der Waals surface area (Å²) in [5, 5.41) is 4.85. The van der Waals surface area contributed by atoms with E-state index in [0.29, 0.717) is 12.3 Å². The predicted molar refractivity (Wildman–Crippen MR) is 143 cm³/mol. The zero-order valence-corrected chi connectivity index (χ0v) is 25.9. The minimum atomic E-state index is -3.23. The van der Waals surface area contributed by atoms with Crippen LogP contribution in [0.1, 0.15) is 87.5 Å². The van der Waals surface area contributed by atoms with Crippen LogP contribution in [0.4, 0.5) is 0 Å². The summed E-state index contributed by atoms with van der Waals surface area (Å²) in [6, 6.07) is 0. The van der Waals surface area contributed by atoms with Gasteiger partial charge in [0.25, 0.3) is 0 Å². The molecule has 14 heteroatoms. The molecule has 0 saturated heterocycles. The Morgan fingerprint density at radius 2 is 1.15 bits per heavy atom. The van der Waals surface area contributed by atoms with Crippen molar-refractivity contribution in [1.29, 1.82) is 0 Å². The van der Waals surface area contributed by atoms with Crippen LogP contribution in [0.25, 0.3) is 0 Å². The fraction of sp³-hybridized carbons (Fsp3) is 1.00. The third-order valence-electron chi connectivity index (χ3n) is 4.69. The van der Waals surface area contributed by atoms with Crippen molar-refractivity contribution in [3.8, 4) is 0 Å². The first kappa shape index (κ1) is 35.6. The molecular weight excluding hydrogens is 529 g/mol. The van der Waals surface area contributed by atoms with Crippen molar-refractivity contribution in [2.75, 3.05) is 11.6 Å². The largest absolute Gasteiger partial charge is 0.228 e. The van der Waals surface area contributed by atoms with Crippen molar-refractivity contribution >= 4 is 51.6 Å². The third kappa shape index (κ3) is 14.6. The molecule has 0 amide bonds. The van der Waals surface area contributed by atoms with Crippen molar-refractivity contribution < 1.29 is 25.3 Å². The van der Waals surface area contributed by atoms with Gasteiger partial charge in [-0.2, -0.15) is 9.90 Å². The van der Waals surface area contributed by atoms with E-state index in [1.54, 1.807) is 13.8 Å². The van der Waals surface area contributed by atoms with Crippen molar-refractivity contribution in [2.45, 2.75) is 108 Å². The van der Waals surface area contributed by atoms with E-state index in [-0.39, 0.29) is 21.2 Å². The molecule has 1 atom stereocenters. The third-order valence-corrected chi connectivity index (χ3v) is 11.1. The molecule has 2 aliphatic rings. The van der Waals surface area contributed by atoms with Crippen molar-refractivity contribution in [1.82, 2.24) is 9.44 Å². The first-order valence-corrected chi connectivity index (χ1v) is 15.7. The fourth-order valence-electron chi connectivity index (χ4n) is 2.19. The second-order valence-corrected chi connectivity index (χ2v) is 17.5. The van der Waals surface area contributed by atoms with E-state index in [1.165, 1.54) is 0 Å². The van der Waals surface area contributed by atoms with Crippen LogP contribution in [-0.4, -0.2) is 57.5 Å². The summed E-state index contributed by atoms with van der Waals surface area (Å²) < 4.78 is 70.9. The lowest BCUT2D eigenvalue weighted by molar-refractivity contribution is 0.483. The number of sulfonamides is 3. The van der Waals surface area contributed by atoms with Crippen molar-refractivity contribution in [3.63, 3.8) is 0 Å². The number of alkyl halides is 1. The molecule has 0 bridgehead atoms. The highest BCUT2D eigenvalue weighted by molar-refractivity contribution is 7.91. The predicted octanol–water partition coefficient (Wildman–Crippen LogP) is 2.48. The highest BCUT2D eigenvalue weighted by atomic mass is 35.5. The fourth-order valence-corrected chi connectivity index (χ4v) is 6.41. The van der Waals surface area contributed by atoms with Gasteiger partial charge in [0.1, 0.15) is 0 Å². The van der Waals surface area contributed by atoms with Crippen LogP contribution in [0, 0.1) is 0 Å². The normalized spacial score (nSPS) is 19.1. The average Bonchev–Trinajstić information content (AvgIpc) is 3.40. The summed E-state index contributed by atoms with van der Waals surface area (Å²) in [5.41, 5.74) is -0.754. The summed E-state index contributed by atoms with van der Waals surface area (Å²) >= 11 is 5.39. The monoisotopic (exact) mass is 573 g/mol. The summed E-state index contributed by atoms with van der Waals surface area (Å²) in [4.78, 5) is 0. The molecule has 0 aliphatic heterocycles. The maximum Gasteiger partial charge on any atom is 0.217 e. The summed E-state index contributed by atoms with van der Waals surface area (Å²) in [5.74, 6) is 0.485. The molecule has 0 aromatic carbocycles. The summed E-state index contributed by atoms with van der Waals surface area (Å²) in [6.45, 7) is 14.5. The molecule has 0 spiro atoms. The minimum Gasteiger partial charge on any atom is -0.228 e. The van der Waals surface area contributed by atoms with Crippen LogP contribution >= 0.6 is 21.5 Å². The number of hydrogen-bond acceptors (Lipinski definition) is 6. The van der Waals surface area contributed by atoms with Crippen LogP contribution in [0.3, 0.4) is 0 Å². The Kier molecular flexibility index (Phi) is 13.1. The van der Waals surface area contributed by atoms with E-state index in [4.69, 9.17) is 16.7 Å². The van der Waals surface area contributed by atoms with Crippen LogP contribution in [-0.2, 0) is 30.1 Å². The lowest BCUT2D eigenvalue weighted by Gasteiger charge is -2.23. The number of primary sulfonamides is 1. The minimum absolute atomic E-state index is 0. The van der Waals surface area contributed by atoms with Gasteiger partial charge in [-0.15, -0.1) is 11.6 Å². The Labute approximate surface area is 210 Å². The molecule has 0 aromatic heterocycles. The molecule has 2 fully saturated rings. The molecular formula is C19H45ClN3O6PS3. The number of rotatable bonds is 7.